The molecule has 0 spiro atoms. The van der Waals surface area contributed by atoms with Gasteiger partial charge in [-0.25, -0.2) is 0 Å². The number of hydrogen-bond acceptors (Lipinski definition) is 5. The van der Waals surface area contributed by atoms with Crippen LogP contribution in [0.15, 0.2) is 36.5 Å². The minimum absolute atomic E-state index is 0.0220. The molecule has 2 unspecified atom stereocenters. The van der Waals surface area contributed by atoms with Crippen molar-refractivity contribution in [3.8, 4) is 0 Å². The maximum Gasteiger partial charge on any atom is 0.305 e. The summed E-state index contributed by atoms with van der Waals surface area (Å²) in [6.07, 6.45) is 60.0. The van der Waals surface area contributed by atoms with Crippen molar-refractivity contribution in [3.05, 3.63) is 36.5 Å². The lowest BCUT2D eigenvalue weighted by molar-refractivity contribution is -0.143. The van der Waals surface area contributed by atoms with Gasteiger partial charge >= 0.3 is 5.97 Å². The molecule has 352 valence electrons. The summed E-state index contributed by atoms with van der Waals surface area (Å²) in [5.41, 5.74) is 0. The van der Waals surface area contributed by atoms with E-state index in [1.54, 1.807) is 6.08 Å². The molecule has 0 aliphatic heterocycles. The van der Waals surface area contributed by atoms with Gasteiger partial charge in [0.15, 0.2) is 0 Å². The van der Waals surface area contributed by atoms with E-state index in [-0.39, 0.29) is 18.5 Å². The molecule has 0 radical (unpaired) electrons. The highest BCUT2D eigenvalue weighted by atomic mass is 16.5. The average Bonchev–Trinajstić information content (AvgIpc) is 3.25. The molecular formula is C54H101NO5. The third kappa shape index (κ3) is 45.6. The summed E-state index contributed by atoms with van der Waals surface area (Å²) in [4.78, 5) is 24.4. The van der Waals surface area contributed by atoms with E-state index in [1.165, 1.54) is 173 Å². The number of carbonyl (C=O) groups is 2. The van der Waals surface area contributed by atoms with Crippen LogP contribution in [0.25, 0.3) is 0 Å². The second kappa shape index (κ2) is 49.7. The Balaban J connectivity index is 3.53. The number of carbonyl (C=O) groups excluding carboxylic acids is 2. The molecule has 0 fully saturated rings. The Bertz CT molecular complexity index is 977. The second-order valence-electron chi connectivity index (χ2n) is 17.8. The fraction of sp³-hybridized carbons (Fsp3) is 0.852. The first-order valence-corrected chi connectivity index (χ1v) is 26.3. The summed E-state index contributed by atoms with van der Waals surface area (Å²) < 4.78 is 5.45. The molecule has 0 rings (SSSR count). The number of rotatable bonds is 48. The zero-order valence-corrected chi connectivity index (χ0v) is 39.9. The van der Waals surface area contributed by atoms with Gasteiger partial charge in [-0.2, -0.15) is 0 Å². The largest absolute Gasteiger partial charge is 0.466 e. The van der Waals surface area contributed by atoms with E-state index < -0.39 is 12.1 Å². The minimum atomic E-state index is -0.861. The average molecular weight is 844 g/mol. The normalized spacial score (nSPS) is 12.9. The van der Waals surface area contributed by atoms with Crippen LogP contribution in [0.1, 0.15) is 271 Å². The molecule has 60 heavy (non-hydrogen) atoms. The van der Waals surface area contributed by atoms with Crippen molar-refractivity contribution in [2.75, 3.05) is 13.2 Å². The van der Waals surface area contributed by atoms with Gasteiger partial charge in [-0.3, -0.25) is 9.59 Å². The van der Waals surface area contributed by atoms with Crippen LogP contribution in [0.4, 0.5) is 0 Å². The first kappa shape index (κ1) is 58.1. The Labute approximate surface area is 373 Å². The standard InChI is InChI=1S/C54H101NO5/c1-3-5-7-9-11-13-15-17-19-20-24-28-32-36-40-44-48-54(59)60-49-45-41-37-33-29-25-21-23-27-31-35-39-43-47-53(58)55-51(50-56)52(57)46-42-38-34-30-26-22-18-16-14-12-10-8-6-4-2/h19-20,23,27,42,46,51-52,56-57H,3-18,21-22,24-26,28-41,43-45,47-50H2,1-2H3,(H,55,58)/b20-19-,27-23-,46-42+. The Kier molecular flexibility index (Phi) is 48.1. The van der Waals surface area contributed by atoms with Gasteiger partial charge in [0.1, 0.15) is 0 Å². The minimum Gasteiger partial charge on any atom is -0.466 e. The van der Waals surface area contributed by atoms with E-state index in [0.29, 0.717) is 19.4 Å². The van der Waals surface area contributed by atoms with E-state index in [1.807, 2.05) is 6.08 Å². The number of ether oxygens (including phenoxy) is 1. The summed E-state index contributed by atoms with van der Waals surface area (Å²) in [6.45, 7) is 4.85. The Morgan fingerprint density at radius 3 is 1.20 bits per heavy atom. The van der Waals surface area contributed by atoms with E-state index >= 15 is 0 Å². The van der Waals surface area contributed by atoms with Crippen molar-refractivity contribution >= 4 is 11.9 Å². The van der Waals surface area contributed by atoms with Crippen molar-refractivity contribution in [2.24, 2.45) is 0 Å². The van der Waals surface area contributed by atoms with E-state index in [4.69, 9.17) is 4.74 Å². The molecule has 0 heterocycles. The highest BCUT2D eigenvalue weighted by Crippen LogP contribution is 2.15. The third-order valence-electron chi connectivity index (χ3n) is 11.9. The lowest BCUT2D eigenvalue weighted by Crippen LogP contribution is -2.45. The highest BCUT2D eigenvalue weighted by molar-refractivity contribution is 5.76. The quantitative estimate of drug-likeness (QED) is 0.0322. The number of hydrogen-bond donors (Lipinski definition) is 3. The third-order valence-corrected chi connectivity index (χ3v) is 11.9. The zero-order valence-electron chi connectivity index (χ0n) is 39.9. The monoisotopic (exact) mass is 844 g/mol. The summed E-state index contributed by atoms with van der Waals surface area (Å²) >= 11 is 0. The first-order valence-electron chi connectivity index (χ1n) is 26.3. The maximum atomic E-state index is 12.4. The fourth-order valence-corrected chi connectivity index (χ4v) is 7.80. The van der Waals surface area contributed by atoms with Gasteiger partial charge in [-0.1, -0.05) is 211 Å². The smallest absolute Gasteiger partial charge is 0.305 e. The van der Waals surface area contributed by atoms with Crippen molar-refractivity contribution in [3.63, 3.8) is 0 Å². The first-order chi connectivity index (χ1) is 29.5. The summed E-state index contributed by atoms with van der Waals surface area (Å²) in [5, 5.41) is 23.0. The van der Waals surface area contributed by atoms with Gasteiger partial charge in [0.05, 0.1) is 25.4 Å². The van der Waals surface area contributed by atoms with Crippen molar-refractivity contribution in [1.82, 2.24) is 5.32 Å². The van der Waals surface area contributed by atoms with Crippen LogP contribution in [0.2, 0.25) is 0 Å². The summed E-state index contributed by atoms with van der Waals surface area (Å²) in [6, 6.07) is -0.648. The number of nitrogens with one attached hydrogen (secondary N) is 1. The Hall–Kier alpha value is -1.92. The lowest BCUT2D eigenvalue weighted by atomic mass is 10.0. The summed E-state index contributed by atoms with van der Waals surface area (Å²) in [5.74, 6) is -0.121. The number of allylic oxidation sites excluding steroid dienone is 5. The molecule has 0 saturated heterocycles. The molecule has 0 aliphatic carbocycles. The van der Waals surface area contributed by atoms with Crippen LogP contribution < -0.4 is 5.32 Å². The van der Waals surface area contributed by atoms with Gasteiger partial charge in [-0.15, -0.1) is 0 Å². The molecule has 6 heteroatoms. The van der Waals surface area contributed by atoms with Gasteiger partial charge in [0, 0.05) is 12.8 Å². The number of unbranched alkanes of at least 4 members (excludes halogenated alkanes) is 33. The predicted molar refractivity (Wildman–Crippen MR) is 259 cm³/mol. The molecule has 0 aromatic rings. The number of aliphatic hydroxyl groups is 2. The van der Waals surface area contributed by atoms with E-state index in [0.717, 1.165) is 70.6 Å². The molecule has 0 aromatic heterocycles. The van der Waals surface area contributed by atoms with E-state index in [2.05, 4.69) is 43.5 Å². The van der Waals surface area contributed by atoms with Crippen molar-refractivity contribution in [2.45, 2.75) is 283 Å². The second-order valence-corrected chi connectivity index (χ2v) is 17.8. The van der Waals surface area contributed by atoms with Crippen LogP contribution in [0.3, 0.4) is 0 Å². The van der Waals surface area contributed by atoms with Gasteiger partial charge in [-0.05, 0) is 83.5 Å². The van der Waals surface area contributed by atoms with Crippen LogP contribution in [-0.2, 0) is 14.3 Å². The molecule has 0 bridgehead atoms. The van der Waals surface area contributed by atoms with Crippen molar-refractivity contribution in [1.29, 1.82) is 0 Å². The Morgan fingerprint density at radius 1 is 0.450 bits per heavy atom. The molecule has 3 N–H and O–H groups in total. The highest BCUT2D eigenvalue weighted by Gasteiger charge is 2.18. The predicted octanol–water partition coefficient (Wildman–Crippen LogP) is 15.7. The molecule has 0 aliphatic rings. The molecule has 2 atom stereocenters. The fourth-order valence-electron chi connectivity index (χ4n) is 7.80. The molecular weight excluding hydrogens is 743 g/mol. The van der Waals surface area contributed by atoms with Crippen LogP contribution in [-0.4, -0.2) is 47.4 Å². The molecule has 0 saturated carbocycles. The number of esters is 1. The molecule has 0 aromatic carbocycles. The topological polar surface area (TPSA) is 95.9 Å². The lowest BCUT2D eigenvalue weighted by Gasteiger charge is -2.19. The number of aliphatic hydroxyl groups excluding tert-OH is 2. The van der Waals surface area contributed by atoms with Crippen molar-refractivity contribution < 1.29 is 24.5 Å². The zero-order chi connectivity index (χ0) is 43.7. The molecule has 6 nitrogen and oxygen atoms in total. The van der Waals surface area contributed by atoms with E-state index in [9.17, 15) is 19.8 Å². The van der Waals surface area contributed by atoms with Crippen LogP contribution in [0.5, 0.6) is 0 Å². The maximum absolute atomic E-state index is 12.4. The van der Waals surface area contributed by atoms with Crippen LogP contribution in [0, 0.1) is 0 Å². The SMILES string of the molecule is CCCCCCCCC/C=C\CCCCCCCC(=O)OCCCCCCCC/C=C\CCCCCC(=O)NC(CO)C(O)/C=C/CCCCCCCCCCCCCC. The summed E-state index contributed by atoms with van der Waals surface area (Å²) in [7, 11) is 0. The molecule has 1 amide bonds. The van der Waals surface area contributed by atoms with Crippen LogP contribution >= 0.6 is 0 Å². The van der Waals surface area contributed by atoms with Gasteiger partial charge in [0.25, 0.3) is 0 Å². The van der Waals surface area contributed by atoms with Gasteiger partial charge in [0.2, 0.25) is 5.91 Å². The number of amides is 1. The Morgan fingerprint density at radius 2 is 0.783 bits per heavy atom. The van der Waals surface area contributed by atoms with Gasteiger partial charge < -0.3 is 20.3 Å².